The van der Waals surface area contributed by atoms with Gasteiger partial charge in [-0.3, -0.25) is 4.21 Å². The zero-order chi connectivity index (χ0) is 31.3. The van der Waals surface area contributed by atoms with Gasteiger partial charge < -0.3 is 19.4 Å². The molecule has 0 aliphatic carbocycles. The first-order chi connectivity index (χ1) is 20.3. The Kier molecular flexibility index (Phi) is 10.9. The van der Waals surface area contributed by atoms with E-state index in [1.165, 1.54) is 10.4 Å². The van der Waals surface area contributed by atoms with E-state index in [-0.39, 0.29) is 16.3 Å². The van der Waals surface area contributed by atoms with Gasteiger partial charge in [-0.25, -0.2) is 4.79 Å². The molecular weight excluding hydrogens is 596 g/mol. The summed E-state index contributed by atoms with van der Waals surface area (Å²) < 4.78 is 25.8. The van der Waals surface area contributed by atoms with Crippen molar-refractivity contribution in [1.82, 2.24) is 10.2 Å². The summed E-state index contributed by atoms with van der Waals surface area (Å²) >= 11 is 6.00. The minimum atomic E-state index is -2.78. The summed E-state index contributed by atoms with van der Waals surface area (Å²) in [6, 6.07) is 28.0. The topological polar surface area (TPSA) is 67.9 Å². The molecule has 0 spiro atoms. The molecule has 2 atom stereocenters. The first-order valence-electron chi connectivity index (χ1n) is 14.9. The highest BCUT2D eigenvalue weighted by Crippen LogP contribution is 2.37. The van der Waals surface area contributed by atoms with Crippen molar-refractivity contribution in [3.63, 3.8) is 0 Å². The molecule has 1 aliphatic heterocycles. The van der Waals surface area contributed by atoms with Crippen LogP contribution in [-0.4, -0.2) is 66.7 Å². The fourth-order valence-electron chi connectivity index (χ4n) is 5.60. The minimum Gasteiger partial charge on any atom is -0.444 e. The Morgan fingerprint density at radius 3 is 1.95 bits per heavy atom. The molecule has 3 aromatic carbocycles. The van der Waals surface area contributed by atoms with Crippen LogP contribution in [0.4, 0.5) is 4.79 Å². The largest absolute Gasteiger partial charge is 0.444 e. The van der Waals surface area contributed by atoms with Crippen LogP contribution in [0.15, 0.2) is 89.8 Å². The van der Waals surface area contributed by atoms with E-state index in [1.54, 1.807) is 12.1 Å². The molecule has 43 heavy (non-hydrogen) atoms. The molecule has 1 N–H and O–H groups in total. The second kappa shape index (κ2) is 14.1. The summed E-state index contributed by atoms with van der Waals surface area (Å²) in [5.74, 6) is 0. The second-order valence-corrected chi connectivity index (χ2v) is 19.7. The highest BCUT2D eigenvalue weighted by molar-refractivity contribution is 7.85. The molecule has 1 unspecified atom stereocenters. The van der Waals surface area contributed by atoms with Crippen molar-refractivity contribution in [2.24, 2.45) is 0 Å². The van der Waals surface area contributed by atoms with Gasteiger partial charge in [-0.15, -0.1) is 0 Å². The quantitative estimate of drug-likeness (QED) is 0.261. The van der Waals surface area contributed by atoms with E-state index in [1.807, 2.05) is 45.0 Å². The molecule has 232 valence electrons. The van der Waals surface area contributed by atoms with Crippen molar-refractivity contribution < 1.29 is 18.2 Å². The summed E-state index contributed by atoms with van der Waals surface area (Å²) in [6.07, 6.45) is 0.228. The van der Waals surface area contributed by atoms with Crippen LogP contribution in [0.2, 0.25) is 10.1 Å². The highest BCUT2D eigenvalue weighted by atomic mass is 35.5. The second-order valence-electron chi connectivity index (χ2n) is 13.2. The van der Waals surface area contributed by atoms with Crippen LogP contribution in [0.5, 0.6) is 0 Å². The lowest BCUT2D eigenvalue weighted by Crippen LogP contribution is -2.67. The minimum absolute atomic E-state index is 0.0757. The van der Waals surface area contributed by atoms with Crippen LogP contribution >= 0.6 is 11.6 Å². The predicted molar refractivity (Wildman–Crippen MR) is 179 cm³/mol. The van der Waals surface area contributed by atoms with Crippen molar-refractivity contribution in [3.8, 4) is 0 Å². The van der Waals surface area contributed by atoms with Gasteiger partial charge in [0, 0.05) is 29.6 Å². The first-order valence-corrected chi connectivity index (χ1v) is 18.4. The molecule has 1 saturated heterocycles. The smallest absolute Gasteiger partial charge is 0.407 e. The van der Waals surface area contributed by atoms with E-state index in [0.29, 0.717) is 18.1 Å². The van der Waals surface area contributed by atoms with E-state index in [9.17, 15) is 9.00 Å². The monoisotopic (exact) mass is 640 g/mol. The average molecular weight is 641 g/mol. The fraction of sp³-hybridized carbons (Fsp3) is 0.441. The molecule has 1 aliphatic rings. The van der Waals surface area contributed by atoms with E-state index < -0.39 is 30.8 Å². The van der Waals surface area contributed by atoms with Gasteiger partial charge in [-0.1, -0.05) is 93.0 Å². The Morgan fingerprint density at radius 1 is 0.930 bits per heavy atom. The van der Waals surface area contributed by atoms with Gasteiger partial charge in [0.1, 0.15) is 5.60 Å². The summed E-state index contributed by atoms with van der Waals surface area (Å²) in [5.41, 5.74) is -0.607. The molecule has 1 heterocycles. The van der Waals surface area contributed by atoms with Gasteiger partial charge in [0.2, 0.25) is 0 Å². The van der Waals surface area contributed by atoms with E-state index >= 15 is 0 Å². The standard InChI is InChI=1S/C34H45ClN2O4SSi/c1-33(2,3)41-32(38)36-27(21-22-37-23-29(24-37)42(39)28-19-17-26(35)18-20-28)25-40-43(34(4,5)6,30-13-9-7-10-14-30)31-15-11-8-12-16-31/h7-20,27,29H,21-25H2,1-6H3,(H,36,38)/t27?,42-/m1/s1. The van der Waals surface area contributed by atoms with Crippen LogP contribution in [0.1, 0.15) is 48.0 Å². The van der Waals surface area contributed by atoms with Gasteiger partial charge in [0.15, 0.2) is 0 Å². The molecule has 4 rings (SSSR count). The Labute approximate surface area is 265 Å². The third-order valence-corrected chi connectivity index (χ3v) is 14.6. The number of rotatable bonds is 11. The Hall–Kier alpha value is -2.49. The molecule has 0 bridgehead atoms. The van der Waals surface area contributed by atoms with Crippen molar-refractivity contribution in [2.75, 3.05) is 26.2 Å². The van der Waals surface area contributed by atoms with Crippen molar-refractivity contribution in [3.05, 3.63) is 90.0 Å². The number of nitrogens with one attached hydrogen (secondary N) is 1. The lowest BCUT2D eigenvalue weighted by Gasteiger charge is -2.44. The first kappa shape index (κ1) is 33.4. The third-order valence-electron chi connectivity index (χ3n) is 7.70. The SMILES string of the molecule is CC(C)(C)OC(=O)NC(CCN1CC([S@](=O)c2ccc(Cl)cc2)C1)CO[Si](c1ccccc1)(c1ccccc1)C(C)(C)C. The zero-order valence-electron chi connectivity index (χ0n) is 26.1. The molecule has 3 aromatic rings. The summed E-state index contributed by atoms with van der Waals surface area (Å²) in [6.45, 7) is 14.9. The summed E-state index contributed by atoms with van der Waals surface area (Å²) in [7, 11) is -3.87. The maximum absolute atomic E-state index is 13.0. The van der Waals surface area contributed by atoms with Crippen LogP contribution in [0, 0.1) is 0 Å². The number of ether oxygens (including phenoxy) is 1. The molecular formula is C34H45ClN2O4SSi. The van der Waals surface area contributed by atoms with E-state index in [4.69, 9.17) is 20.8 Å². The number of likely N-dealkylation sites (tertiary alicyclic amines) is 1. The van der Waals surface area contributed by atoms with Gasteiger partial charge >= 0.3 is 6.09 Å². The van der Waals surface area contributed by atoms with E-state index in [0.717, 1.165) is 24.5 Å². The Balaban J connectivity index is 1.50. The molecule has 1 fully saturated rings. The average Bonchev–Trinajstić information content (AvgIpc) is 2.92. The van der Waals surface area contributed by atoms with Gasteiger partial charge in [-0.05, 0) is 66.9 Å². The number of hydrogen-bond donors (Lipinski definition) is 1. The number of nitrogens with zero attached hydrogens (tertiary/aromatic N) is 1. The van der Waals surface area contributed by atoms with Gasteiger partial charge in [0.25, 0.3) is 8.32 Å². The lowest BCUT2D eigenvalue weighted by molar-refractivity contribution is 0.0474. The predicted octanol–water partition coefficient (Wildman–Crippen LogP) is 5.99. The molecule has 0 saturated carbocycles. The van der Waals surface area contributed by atoms with Crippen molar-refractivity contribution >= 4 is 47.2 Å². The van der Waals surface area contributed by atoms with Crippen LogP contribution in [0.25, 0.3) is 0 Å². The summed E-state index contributed by atoms with van der Waals surface area (Å²) in [4.78, 5) is 16.0. The number of alkyl carbamates (subject to hydrolysis) is 1. The fourth-order valence-corrected chi connectivity index (χ4v) is 11.8. The van der Waals surface area contributed by atoms with Crippen LogP contribution in [-0.2, 0) is 20.0 Å². The Morgan fingerprint density at radius 2 is 1.47 bits per heavy atom. The molecule has 1 amide bonds. The van der Waals surface area contributed by atoms with Crippen molar-refractivity contribution in [1.29, 1.82) is 0 Å². The number of halogens is 1. The number of carbonyl (C=O) groups excluding carboxylic acids is 1. The van der Waals surface area contributed by atoms with Crippen LogP contribution in [0.3, 0.4) is 0 Å². The maximum atomic E-state index is 13.0. The Bertz CT molecular complexity index is 1320. The molecule has 6 nitrogen and oxygen atoms in total. The van der Waals surface area contributed by atoms with Crippen LogP contribution < -0.4 is 15.7 Å². The van der Waals surface area contributed by atoms with Crippen molar-refractivity contribution in [2.45, 2.75) is 74.8 Å². The molecule has 0 aromatic heterocycles. The van der Waals surface area contributed by atoms with Gasteiger partial charge in [-0.2, -0.15) is 0 Å². The zero-order valence-corrected chi connectivity index (χ0v) is 28.7. The number of benzene rings is 3. The number of carbonyl (C=O) groups is 1. The van der Waals surface area contributed by atoms with E-state index in [2.05, 4.69) is 79.5 Å². The molecule has 9 heteroatoms. The number of amides is 1. The van der Waals surface area contributed by atoms with Gasteiger partial charge in [0.05, 0.1) is 28.7 Å². The normalized spacial score (nSPS) is 16.3. The highest BCUT2D eigenvalue weighted by Gasteiger charge is 2.50. The third kappa shape index (κ3) is 8.57. The number of hydrogen-bond acceptors (Lipinski definition) is 5. The lowest BCUT2D eigenvalue weighted by atomic mass is 10.1. The summed E-state index contributed by atoms with van der Waals surface area (Å²) in [5, 5.41) is 6.03. The maximum Gasteiger partial charge on any atom is 0.407 e. The molecule has 0 radical (unpaired) electrons.